The predicted octanol–water partition coefficient (Wildman–Crippen LogP) is 4.73. The van der Waals surface area contributed by atoms with E-state index in [1.807, 2.05) is 45.0 Å². The Bertz CT molecular complexity index is 1910. The Morgan fingerprint density at radius 1 is 1.08 bits per heavy atom. The molecule has 5 heterocycles. The number of nitrogens with zero attached hydrogens (tertiary/aromatic N) is 5. The maximum absolute atomic E-state index is 16.9. The maximum atomic E-state index is 16.9. The largest absolute Gasteiger partial charge is 0.457 e. The van der Waals surface area contributed by atoms with E-state index in [4.69, 9.17) is 28.5 Å². The lowest BCUT2D eigenvalue weighted by atomic mass is 9.73. The van der Waals surface area contributed by atoms with Crippen molar-refractivity contribution in [3.8, 4) is 10.7 Å². The molecule has 18 heteroatoms. The van der Waals surface area contributed by atoms with Crippen molar-refractivity contribution in [2.45, 2.75) is 148 Å². The van der Waals surface area contributed by atoms with Crippen molar-refractivity contribution < 1.29 is 57.5 Å². The Hall–Kier alpha value is -3.62. The molecule has 1 amide bonds. The van der Waals surface area contributed by atoms with Crippen molar-refractivity contribution in [1.29, 1.82) is 0 Å². The number of ether oxygens (including phenoxy) is 5. The molecule has 3 aliphatic heterocycles. The van der Waals surface area contributed by atoms with Gasteiger partial charge in [-0.05, 0) is 85.2 Å². The first-order chi connectivity index (χ1) is 28.6. The van der Waals surface area contributed by atoms with Crippen molar-refractivity contribution in [2.24, 2.45) is 27.9 Å². The molecule has 2 aromatic rings. The number of halogens is 1. The molecule has 2 N–H and O–H groups in total. The zero-order valence-corrected chi connectivity index (χ0v) is 37.8. The van der Waals surface area contributed by atoms with Crippen molar-refractivity contribution in [3.63, 3.8) is 0 Å². The van der Waals surface area contributed by atoms with E-state index in [-0.39, 0.29) is 44.5 Å². The van der Waals surface area contributed by atoms with Gasteiger partial charge in [-0.1, -0.05) is 32.9 Å². The lowest BCUT2D eigenvalue weighted by molar-refractivity contribution is -0.296. The van der Waals surface area contributed by atoms with Crippen LogP contribution in [-0.4, -0.2) is 141 Å². The molecular formula is C43H62FN5O11S. The minimum absolute atomic E-state index is 0.00415. The van der Waals surface area contributed by atoms with Crippen LogP contribution < -0.4 is 0 Å². The van der Waals surface area contributed by atoms with E-state index in [0.29, 0.717) is 18.0 Å². The number of thiophene rings is 1. The van der Waals surface area contributed by atoms with Crippen molar-refractivity contribution in [2.75, 3.05) is 27.3 Å². The topological polar surface area (TPSA) is 201 Å². The summed E-state index contributed by atoms with van der Waals surface area (Å²) in [5, 5.41) is 28.5. The molecule has 0 aromatic carbocycles. The first-order valence-corrected chi connectivity index (χ1v) is 21.6. The van der Waals surface area contributed by atoms with Gasteiger partial charge >= 0.3 is 5.97 Å². The first-order valence-electron chi connectivity index (χ1n) is 20.8. The van der Waals surface area contributed by atoms with Gasteiger partial charge in [-0.2, -0.15) is 0 Å². The molecule has 0 saturated carbocycles. The van der Waals surface area contributed by atoms with Crippen molar-refractivity contribution in [3.05, 3.63) is 35.5 Å². The summed E-state index contributed by atoms with van der Waals surface area (Å²) in [6.45, 7) is 13.2. The van der Waals surface area contributed by atoms with E-state index in [1.54, 1.807) is 39.2 Å². The zero-order valence-electron chi connectivity index (χ0n) is 37.0. The number of aliphatic hydroxyl groups is 2. The molecule has 0 radical (unpaired) electrons. The van der Waals surface area contributed by atoms with Crippen LogP contribution in [0.15, 0.2) is 40.7 Å². The number of carbonyl (C=O) groups excluding carboxylic acids is 3. The van der Waals surface area contributed by atoms with E-state index in [0.717, 1.165) is 16.7 Å². The standard InChI is InChI=1S/C43H62FN5O11S/c1-12-32-43(9,54)37-25(4)33(47-27(6)50)23(2)19-41(7,56-21-28(20-55-37)48-57-22-29-14-15-31(61-29)38-45-16-13-17-46-38)36(26(5)35(52)42(8,44)40(53)59-32)60-39-34(51)30(49(10)11)18-24(3)58-39/h13-17,23-26,30,32,34,36-37,39,51,54H,12,18-22H2,1-11H3/b47-33?,48-28+/t23-,24-,25+,26+,30+,32-,34-,36-,37+,39+,41-,42+,43-/m1/s1. The third-order valence-electron chi connectivity index (χ3n) is 12.0. The Labute approximate surface area is 361 Å². The Balaban J connectivity index is 1.66. The molecule has 2 aromatic heterocycles. The van der Waals surface area contributed by atoms with Crippen molar-refractivity contribution in [1.82, 2.24) is 14.9 Å². The molecule has 3 aliphatic rings. The number of rotatable bonds is 8. The fourth-order valence-electron chi connectivity index (χ4n) is 8.80. The summed E-state index contributed by atoms with van der Waals surface area (Å²) in [7, 11) is 3.64. The Kier molecular flexibility index (Phi) is 15.7. The molecule has 0 aliphatic carbocycles. The minimum Gasteiger partial charge on any atom is -0.457 e. The van der Waals surface area contributed by atoms with Gasteiger partial charge in [-0.25, -0.2) is 24.1 Å². The predicted molar refractivity (Wildman–Crippen MR) is 225 cm³/mol. The van der Waals surface area contributed by atoms with E-state index in [9.17, 15) is 24.6 Å². The average Bonchev–Trinajstić information content (AvgIpc) is 3.68. The maximum Gasteiger partial charge on any atom is 0.351 e. The summed E-state index contributed by atoms with van der Waals surface area (Å²) in [5.41, 5.74) is -6.27. The number of aromatic nitrogens is 2. The molecule has 0 unspecified atom stereocenters. The number of esters is 1. The highest BCUT2D eigenvalue weighted by molar-refractivity contribution is 7.15. The summed E-state index contributed by atoms with van der Waals surface area (Å²) in [6, 6.07) is 5.09. The van der Waals surface area contributed by atoms with E-state index >= 15 is 4.39 Å². The molecule has 3 saturated heterocycles. The highest BCUT2D eigenvalue weighted by Gasteiger charge is 2.56. The van der Waals surface area contributed by atoms with Crippen LogP contribution in [0.2, 0.25) is 0 Å². The van der Waals surface area contributed by atoms with Gasteiger partial charge in [0.1, 0.15) is 23.5 Å². The number of likely N-dealkylation sites (N-methyl/N-ethyl adjacent to an activating group) is 1. The molecule has 3 fully saturated rings. The number of cyclic esters (lactones) is 1. The summed E-state index contributed by atoms with van der Waals surface area (Å²) in [6.07, 6.45) is -3.14. The first kappa shape index (κ1) is 48.4. The second-order valence-corrected chi connectivity index (χ2v) is 18.5. The summed E-state index contributed by atoms with van der Waals surface area (Å²) in [4.78, 5) is 63.6. The lowest BCUT2D eigenvalue weighted by Crippen LogP contribution is -2.61. The lowest BCUT2D eigenvalue weighted by Gasteiger charge is -2.47. The second kappa shape index (κ2) is 19.8. The molecule has 13 atom stereocenters. The summed E-state index contributed by atoms with van der Waals surface area (Å²) in [5.74, 6) is -5.51. The number of hydrogen-bond donors (Lipinski definition) is 2. The number of alkyl halides is 1. The van der Waals surface area contributed by atoms with E-state index in [2.05, 4.69) is 20.1 Å². The monoisotopic (exact) mass is 875 g/mol. The number of carbonyl (C=O) groups is 3. The van der Waals surface area contributed by atoms with Gasteiger partial charge < -0.3 is 43.6 Å². The van der Waals surface area contributed by atoms with Crippen LogP contribution in [0.3, 0.4) is 0 Å². The van der Waals surface area contributed by atoms with E-state index in [1.165, 1.54) is 32.1 Å². The minimum atomic E-state index is -3.22. The molecule has 0 spiro atoms. The van der Waals surface area contributed by atoms with Gasteiger partial charge in [0.2, 0.25) is 5.91 Å². The van der Waals surface area contributed by atoms with E-state index < -0.39 is 89.0 Å². The van der Waals surface area contributed by atoms with Gasteiger partial charge in [-0.15, -0.1) is 11.3 Å². The normalized spacial score (nSPS) is 38.4. The fourth-order valence-corrected chi connectivity index (χ4v) is 9.66. The van der Waals surface area contributed by atoms with Gasteiger partial charge in [0, 0.05) is 47.8 Å². The molecule has 338 valence electrons. The van der Waals surface area contributed by atoms with Crippen LogP contribution in [0.1, 0.15) is 86.5 Å². The van der Waals surface area contributed by atoms with Gasteiger partial charge in [0.15, 0.2) is 24.5 Å². The molecule has 61 heavy (non-hydrogen) atoms. The fraction of sp³-hybridized carbons (Fsp3) is 0.698. The number of aliphatic hydroxyl groups excluding tert-OH is 1. The number of amides is 1. The number of hydrogen-bond acceptors (Lipinski definition) is 16. The van der Waals surface area contributed by atoms with Crippen LogP contribution in [0.4, 0.5) is 4.39 Å². The average molecular weight is 876 g/mol. The zero-order chi connectivity index (χ0) is 45.0. The summed E-state index contributed by atoms with van der Waals surface area (Å²) < 4.78 is 48.8. The molecular weight excluding hydrogens is 814 g/mol. The van der Waals surface area contributed by atoms with Crippen LogP contribution in [-0.2, 0) is 49.5 Å². The Morgan fingerprint density at radius 2 is 1.77 bits per heavy atom. The third kappa shape index (κ3) is 11.0. The quantitative estimate of drug-likeness (QED) is 0.210. The highest BCUT2D eigenvalue weighted by atomic mass is 32.1. The van der Waals surface area contributed by atoms with Crippen LogP contribution >= 0.6 is 11.3 Å². The Morgan fingerprint density at radius 3 is 2.41 bits per heavy atom. The third-order valence-corrected chi connectivity index (χ3v) is 13.0. The number of ketones is 1. The summed E-state index contributed by atoms with van der Waals surface area (Å²) >= 11 is 1.43. The number of fused-ring (bicyclic) bond motifs is 5. The van der Waals surface area contributed by atoms with Crippen LogP contribution in [0.5, 0.6) is 0 Å². The number of oxime groups is 1. The molecule has 16 nitrogen and oxygen atoms in total. The smallest absolute Gasteiger partial charge is 0.351 e. The SMILES string of the molecule is CC[C@H]1OC(=O)[C@@](C)(F)C(=O)[C@H](C)[C@@H](O[C@@H]2O[C@H](C)C[C@H](N(C)C)[C@H]2O)[C@@]2(C)C[C@@H](C)C(=NC(C)=O)[C@H](C)[C@H](OC/C(=N\OCc3ccc(-c4ncccn4)s3)CO2)[C@]1(C)O. The van der Waals surface area contributed by atoms with Gasteiger partial charge in [0.05, 0.1) is 42.0 Å². The second-order valence-electron chi connectivity index (χ2n) is 17.4. The van der Waals surface area contributed by atoms with Crippen molar-refractivity contribution >= 4 is 40.4 Å². The highest BCUT2D eigenvalue weighted by Crippen LogP contribution is 2.41. The number of Topliss-reactive ketones (excluding diaryl/α,β-unsaturated/α-hetero) is 1. The van der Waals surface area contributed by atoms with Gasteiger partial charge in [0.25, 0.3) is 5.67 Å². The van der Waals surface area contributed by atoms with Crippen LogP contribution in [0, 0.1) is 17.8 Å². The molecule has 2 bridgehead atoms. The van der Waals surface area contributed by atoms with Gasteiger partial charge in [-0.3, -0.25) is 9.59 Å². The molecule has 5 rings (SSSR count). The number of aliphatic imine (C=N–C) groups is 1. The van der Waals surface area contributed by atoms with Crippen LogP contribution in [0.25, 0.3) is 10.7 Å².